The first-order valence-corrected chi connectivity index (χ1v) is 11.9. The Balaban J connectivity index is 0.00000245. The maximum absolute atomic E-state index is 13.3. The predicted molar refractivity (Wildman–Crippen MR) is 131 cm³/mol. The van der Waals surface area contributed by atoms with E-state index >= 15 is 0 Å². The highest BCUT2D eigenvalue weighted by molar-refractivity contribution is 6.02. The van der Waals surface area contributed by atoms with Gasteiger partial charge in [0.2, 0.25) is 5.91 Å². The molecule has 2 aromatic rings. The highest BCUT2D eigenvalue weighted by atomic mass is 35.5. The number of hydrogen-bond donors (Lipinski definition) is 1. The van der Waals surface area contributed by atoms with Crippen molar-refractivity contribution in [1.29, 1.82) is 0 Å². The van der Waals surface area contributed by atoms with Crippen LogP contribution in [0.1, 0.15) is 59.2 Å². The molecule has 170 valence electrons. The lowest BCUT2D eigenvalue weighted by Crippen LogP contribution is -2.33. The second kappa shape index (κ2) is 10.2. The Labute approximate surface area is 197 Å². The van der Waals surface area contributed by atoms with E-state index in [2.05, 4.69) is 47.8 Å². The minimum Gasteiger partial charge on any atom is -0.316 e. The Morgan fingerprint density at radius 1 is 0.969 bits per heavy atom. The van der Waals surface area contributed by atoms with Gasteiger partial charge in [-0.25, -0.2) is 0 Å². The van der Waals surface area contributed by atoms with Crippen LogP contribution in [0, 0.1) is 11.8 Å². The summed E-state index contributed by atoms with van der Waals surface area (Å²) < 4.78 is 0. The van der Waals surface area contributed by atoms with E-state index in [1.54, 1.807) is 0 Å². The normalized spacial score (nSPS) is 21.8. The maximum Gasteiger partial charge on any atom is 0.227 e. The average molecular weight is 453 g/mol. The van der Waals surface area contributed by atoms with Gasteiger partial charge in [-0.15, -0.1) is 12.4 Å². The number of anilines is 1. The van der Waals surface area contributed by atoms with Crippen LogP contribution in [0.25, 0.3) is 0 Å². The zero-order chi connectivity index (χ0) is 21.2. The number of rotatable bonds is 7. The molecule has 2 aromatic carbocycles. The first-order chi connectivity index (χ1) is 15.2. The SMILES string of the molecule is Cl.O=C(c1cc2c3c(c1)CCN3C(=O)CC2)C1CCC(CNCCc2ccccc2)CC1. The van der Waals surface area contributed by atoms with Crippen LogP contribution in [0.4, 0.5) is 5.69 Å². The topological polar surface area (TPSA) is 49.4 Å². The third-order valence-electron chi connectivity index (χ3n) is 7.42. The molecule has 32 heavy (non-hydrogen) atoms. The monoisotopic (exact) mass is 452 g/mol. The summed E-state index contributed by atoms with van der Waals surface area (Å²) in [6, 6.07) is 14.8. The zero-order valence-electron chi connectivity index (χ0n) is 18.6. The van der Waals surface area contributed by atoms with Crippen molar-refractivity contribution >= 4 is 29.8 Å². The molecule has 2 heterocycles. The third kappa shape index (κ3) is 4.77. The van der Waals surface area contributed by atoms with Crippen LogP contribution >= 0.6 is 12.4 Å². The van der Waals surface area contributed by atoms with Gasteiger partial charge in [-0.05, 0) is 92.8 Å². The molecule has 0 spiro atoms. The van der Waals surface area contributed by atoms with Crippen molar-refractivity contribution in [2.75, 3.05) is 24.5 Å². The number of amides is 1. The van der Waals surface area contributed by atoms with Crippen LogP contribution in [0.3, 0.4) is 0 Å². The van der Waals surface area contributed by atoms with Crippen molar-refractivity contribution in [2.45, 2.75) is 51.4 Å². The average Bonchev–Trinajstić information content (AvgIpc) is 3.25. The van der Waals surface area contributed by atoms with Crippen molar-refractivity contribution in [2.24, 2.45) is 11.8 Å². The van der Waals surface area contributed by atoms with Gasteiger partial charge in [0.25, 0.3) is 0 Å². The molecular formula is C27H33ClN2O2. The Kier molecular flexibility index (Phi) is 7.32. The molecule has 4 nitrogen and oxygen atoms in total. The molecule has 0 saturated heterocycles. The Morgan fingerprint density at radius 2 is 1.69 bits per heavy atom. The van der Waals surface area contributed by atoms with Crippen molar-refractivity contribution in [3.05, 3.63) is 64.7 Å². The fourth-order valence-electron chi connectivity index (χ4n) is 5.65. The number of aryl methyl sites for hydroxylation is 1. The predicted octanol–water partition coefficient (Wildman–Crippen LogP) is 4.77. The first kappa shape index (κ1) is 23.0. The molecule has 5 heteroatoms. The van der Waals surface area contributed by atoms with Gasteiger partial charge in [0.15, 0.2) is 5.78 Å². The number of halogens is 1. The van der Waals surface area contributed by atoms with E-state index in [9.17, 15) is 9.59 Å². The minimum atomic E-state index is 0. The molecule has 2 aliphatic heterocycles. The summed E-state index contributed by atoms with van der Waals surface area (Å²) in [4.78, 5) is 27.3. The molecule has 1 saturated carbocycles. The van der Waals surface area contributed by atoms with E-state index in [1.807, 2.05) is 4.90 Å². The van der Waals surface area contributed by atoms with Gasteiger partial charge in [-0.1, -0.05) is 30.3 Å². The quantitative estimate of drug-likeness (QED) is 0.486. The number of ketones is 1. The fraction of sp³-hybridized carbons (Fsp3) is 0.481. The summed E-state index contributed by atoms with van der Waals surface area (Å²) in [7, 11) is 0. The lowest BCUT2D eigenvalue weighted by molar-refractivity contribution is -0.118. The summed E-state index contributed by atoms with van der Waals surface area (Å²) in [5.74, 6) is 1.40. The van der Waals surface area contributed by atoms with Crippen LogP contribution in [-0.4, -0.2) is 31.3 Å². The largest absolute Gasteiger partial charge is 0.316 e. The van der Waals surface area contributed by atoms with Gasteiger partial charge in [0.05, 0.1) is 5.69 Å². The molecule has 1 amide bonds. The molecule has 1 aliphatic carbocycles. The molecule has 0 unspecified atom stereocenters. The van der Waals surface area contributed by atoms with Crippen LogP contribution in [0.2, 0.25) is 0 Å². The molecule has 3 aliphatic rings. The summed E-state index contributed by atoms with van der Waals surface area (Å²) in [6.45, 7) is 2.85. The molecule has 0 bridgehead atoms. The van der Waals surface area contributed by atoms with Crippen LogP contribution in [0.5, 0.6) is 0 Å². The Morgan fingerprint density at radius 3 is 2.44 bits per heavy atom. The molecule has 1 fully saturated rings. The van der Waals surface area contributed by atoms with E-state index in [0.717, 1.165) is 75.8 Å². The van der Waals surface area contributed by atoms with E-state index in [-0.39, 0.29) is 24.2 Å². The number of nitrogens with one attached hydrogen (secondary N) is 1. The number of Topliss-reactive ketones (excluding diaryl/α,β-unsaturated/α-hetero) is 1. The van der Waals surface area contributed by atoms with Crippen molar-refractivity contribution < 1.29 is 9.59 Å². The number of carbonyl (C=O) groups excluding carboxylic acids is 2. The Hall–Kier alpha value is -2.17. The second-order valence-corrected chi connectivity index (χ2v) is 9.46. The second-order valence-electron chi connectivity index (χ2n) is 9.46. The number of nitrogens with zero attached hydrogens (tertiary/aromatic N) is 1. The lowest BCUT2D eigenvalue weighted by Gasteiger charge is -2.29. The standard InChI is InChI=1S/C27H32N2O2.ClH/c30-25-11-10-22-16-24(17-23-13-15-29(25)26(22)23)27(31)21-8-6-20(7-9-21)18-28-14-12-19-4-2-1-3-5-19;/h1-5,16-17,20-21,28H,6-15,18H2;1H. The van der Waals surface area contributed by atoms with Gasteiger partial charge < -0.3 is 10.2 Å². The van der Waals surface area contributed by atoms with Gasteiger partial charge in [0, 0.05) is 24.4 Å². The number of hydrogen-bond acceptors (Lipinski definition) is 3. The molecule has 0 radical (unpaired) electrons. The van der Waals surface area contributed by atoms with Crippen molar-refractivity contribution in [3.8, 4) is 0 Å². The van der Waals surface area contributed by atoms with Crippen LogP contribution < -0.4 is 10.2 Å². The summed E-state index contributed by atoms with van der Waals surface area (Å²) in [6.07, 6.45) is 7.58. The van der Waals surface area contributed by atoms with E-state index < -0.39 is 0 Å². The first-order valence-electron chi connectivity index (χ1n) is 11.9. The van der Waals surface area contributed by atoms with Crippen molar-refractivity contribution in [1.82, 2.24) is 5.32 Å². The van der Waals surface area contributed by atoms with Crippen molar-refractivity contribution in [3.63, 3.8) is 0 Å². The molecule has 5 rings (SSSR count). The van der Waals surface area contributed by atoms with Crippen LogP contribution in [0.15, 0.2) is 42.5 Å². The fourth-order valence-corrected chi connectivity index (χ4v) is 5.65. The van der Waals surface area contributed by atoms with Gasteiger partial charge >= 0.3 is 0 Å². The minimum absolute atomic E-state index is 0. The number of carbonyl (C=O) groups is 2. The van der Waals surface area contributed by atoms with E-state index in [1.165, 1.54) is 16.7 Å². The maximum atomic E-state index is 13.3. The smallest absolute Gasteiger partial charge is 0.227 e. The van der Waals surface area contributed by atoms with E-state index in [0.29, 0.717) is 18.1 Å². The molecule has 1 N–H and O–H groups in total. The highest BCUT2D eigenvalue weighted by Crippen LogP contribution is 2.39. The number of benzene rings is 2. The lowest BCUT2D eigenvalue weighted by atomic mass is 9.78. The zero-order valence-corrected chi connectivity index (χ0v) is 19.5. The van der Waals surface area contributed by atoms with Gasteiger partial charge in [0.1, 0.15) is 0 Å². The molecule has 0 atom stereocenters. The third-order valence-corrected chi connectivity index (χ3v) is 7.42. The Bertz CT molecular complexity index is 967. The van der Waals surface area contributed by atoms with Gasteiger partial charge in [-0.2, -0.15) is 0 Å². The molecular weight excluding hydrogens is 420 g/mol. The molecule has 0 aromatic heterocycles. The summed E-state index contributed by atoms with van der Waals surface area (Å²) in [5, 5.41) is 3.62. The summed E-state index contributed by atoms with van der Waals surface area (Å²) >= 11 is 0. The van der Waals surface area contributed by atoms with Crippen LogP contribution in [-0.2, 0) is 24.1 Å². The van der Waals surface area contributed by atoms with Gasteiger partial charge in [-0.3, -0.25) is 9.59 Å². The van der Waals surface area contributed by atoms with E-state index in [4.69, 9.17) is 0 Å². The summed E-state index contributed by atoms with van der Waals surface area (Å²) in [5.41, 5.74) is 5.78. The highest BCUT2D eigenvalue weighted by Gasteiger charge is 2.33.